The number of carbonyl (C=O) groups excluding carboxylic acids is 2. The van der Waals surface area contributed by atoms with Crippen LogP contribution in [-0.2, 0) is 32.7 Å². The third-order valence-corrected chi connectivity index (χ3v) is 12.2. The average Bonchev–Trinajstić information content (AvgIpc) is 3.18. The van der Waals surface area contributed by atoms with E-state index in [9.17, 15) is 19.0 Å². The third-order valence-electron chi connectivity index (χ3n) is 11.2. The summed E-state index contributed by atoms with van der Waals surface area (Å²) in [6, 6.07) is 0. The molecule has 0 amide bonds. The Morgan fingerprint density at radius 2 is 0.825 bits per heavy atom. The van der Waals surface area contributed by atoms with Gasteiger partial charge in [0.1, 0.15) is 6.61 Å². The van der Waals surface area contributed by atoms with Crippen LogP contribution in [0.2, 0.25) is 0 Å². The maximum absolute atomic E-state index is 13.9. The fourth-order valence-electron chi connectivity index (χ4n) is 7.37. The van der Waals surface area contributed by atoms with Crippen LogP contribution in [0, 0.1) is 11.8 Å². The predicted molar refractivity (Wildman–Crippen MR) is 239 cm³/mol. The van der Waals surface area contributed by atoms with Crippen molar-refractivity contribution < 1.29 is 37.6 Å². The van der Waals surface area contributed by atoms with E-state index in [1.165, 1.54) is 128 Å². The van der Waals surface area contributed by atoms with Crippen molar-refractivity contribution in [1.29, 1.82) is 0 Å². The zero-order chi connectivity index (χ0) is 42.2. The first-order valence-corrected chi connectivity index (χ1v) is 25.7. The number of rotatable bonds is 44. The second-order valence-corrected chi connectivity index (χ2v) is 18.6. The maximum atomic E-state index is 13.9. The van der Waals surface area contributed by atoms with Gasteiger partial charge >= 0.3 is 19.8 Å². The number of nitrogens with zero attached hydrogens (tertiary/aromatic N) is 1. The molecule has 0 aromatic heterocycles. The highest BCUT2D eigenvalue weighted by Gasteiger charge is 2.30. The summed E-state index contributed by atoms with van der Waals surface area (Å²) in [5.41, 5.74) is 0. The molecule has 0 fully saturated rings. The number of unbranched alkanes of at least 4 members (excludes halogenated alkanes) is 24. The molecule has 57 heavy (non-hydrogen) atoms. The van der Waals surface area contributed by atoms with Gasteiger partial charge < -0.3 is 19.3 Å². The van der Waals surface area contributed by atoms with Crippen molar-refractivity contribution in [3.8, 4) is 0 Å². The summed E-state index contributed by atoms with van der Waals surface area (Å²) in [5.74, 6) is -1.09. The minimum absolute atomic E-state index is 0.0120. The van der Waals surface area contributed by atoms with E-state index in [-0.39, 0.29) is 37.0 Å². The van der Waals surface area contributed by atoms with Crippen molar-refractivity contribution in [1.82, 2.24) is 4.90 Å². The van der Waals surface area contributed by atoms with Crippen molar-refractivity contribution in [2.45, 2.75) is 239 Å². The Bertz CT molecular complexity index is 914. The average molecular weight is 832 g/mol. The lowest BCUT2D eigenvalue weighted by Gasteiger charge is -2.24. The van der Waals surface area contributed by atoms with Crippen molar-refractivity contribution in [2.24, 2.45) is 11.8 Å². The van der Waals surface area contributed by atoms with Crippen molar-refractivity contribution >= 4 is 19.8 Å². The fourth-order valence-corrected chi connectivity index (χ4v) is 8.12. The molecule has 2 unspecified atom stereocenters. The summed E-state index contributed by atoms with van der Waals surface area (Å²) >= 11 is 0. The van der Waals surface area contributed by atoms with E-state index in [2.05, 4.69) is 27.7 Å². The van der Waals surface area contributed by atoms with Crippen LogP contribution in [0.3, 0.4) is 0 Å². The molecule has 0 radical (unpaired) electrons. The third kappa shape index (κ3) is 36.6. The highest BCUT2D eigenvalue weighted by atomic mass is 31.2. The van der Waals surface area contributed by atoms with Gasteiger partial charge in [0.25, 0.3) is 0 Å². The van der Waals surface area contributed by atoms with Crippen LogP contribution in [0.4, 0.5) is 0 Å². The summed E-state index contributed by atoms with van der Waals surface area (Å²) in [6.07, 6.45) is 35.0. The van der Waals surface area contributed by atoms with Gasteiger partial charge in [-0.1, -0.05) is 207 Å². The topological polar surface area (TPSA) is 112 Å². The predicted octanol–water partition coefficient (Wildman–Crippen LogP) is 13.9. The number of phosphoric acid groups is 1. The molecule has 0 aromatic rings. The molecule has 0 aromatic carbocycles. The monoisotopic (exact) mass is 832 g/mol. The number of ether oxygens (including phenoxy) is 2. The van der Waals surface area contributed by atoms with E-state index in [1.54, 1.807) is 0 Å². The molecule has 0 spiro atoms. The highest BCUT2D eigenvalue weighted by Crippen LogP contribution is 2.43. The molecule has 0 bridgehead atoms. The van der Waals surface area contributed by atoms with Gasteiger partial charge in [-0.05, 0) is 39.8 Å². The van der Waals surface area contributed by atoms with E-state index in [0.717, 1.165) is 77.0 Å². The smallest absolute Gasteiger partial charge is 0.461 e. The van der Waals surface area contributed by atoms with E-state index in [0.29, 0.717) is 6.54 Å². The largest absolute Gasteiger partial charge is 0.472 e. The molecule has 0 saturated carbocycles. The molecule has 0 saturated heterocycles. The van der Waals surface area contributed by atoms with Gasteiger partial charge in [0.2, 0.25) is 0 Å². The molecule has 2 atom stereocenters. The second-order valence-electron chi connectivity index (χ2n) is 17.1. The Morgan fingerprint density at radius 3 is 1.18 bits per heavy atom. The van der Waals surface area contributed by atoms with Gasteiger partial charge in [-0.2, -0.15) is 0 Å². The second kappa shape index (κ2) is 40.4. The summed E-state index contributed by atoms with van der Waals surface area (Å²) in [6.45, 7) is 8.76. The number of phosphoric ester groups is 1. The first-order valence-electron chi connectivity index (χ1n) is 24.2. The first-order chi connectivity index (χ1) is 27.6. The molecule has 340 valence electrons. The minimum atomic E-state index is -4.42. The lowest BCUT2D eigenvalue weighted by molar-refractivity contribution is -0.167. The molecular weight excluding hydrogens is 737 g/mol. The van der Waals surface area contributed by atoms with E-state index < -0.39 is 20.5 Å². The van der Waals surface area contributed by atoms with Crippen molar-refractivity contribution in [3.63, 3.8) is 0 Å². The minimum Gasteiger partial charge on any atom is -0.461 e. The zero-order valence-corrected chi connectivity index (χ0v) is 39.3. The van der Waals surface area contributed by atoms with Crippen LogP contribution in [-0.4, -0.2) is 68.3 Å². The highest BCUT2D eigenvalue weighted by molar-refractivity contribution is 7.47. The van der Waals surface area contributed by atoms with Gasteiger partial charge in [0.05, 0.1) is 25.0 Å². The Morgan fingerprint density at radius 1 is 0.491 bits per heavy atom. The fraction of sp³-hybridized carbons (Fsp3) is 0.957. The molecule has 0 rings (SSSR count). The number of carbonyl (C=O) groups is 2. The number of hydrogen-bond donors (Lipinski definition) is 1. The lowest BCUT2D eigenvalue weighted by Crippen LogP contribution is -2.33. The zero-order valence-electron chi connectivity index (χ0n) is 38.4. The maximum Gasteiger partial charge on any atom is 0.472 e. The standard InChI is InChI=1S/C47H94NO8P/c1-7-11-15-19-23-27-31-35-43(36-32-28-24-20-16-12-8-2)46(49)53-41-45(42-55-57(51,52)54-40-39-48(5)6)56-47(50)44(37-33-29-25-21-17-13-9-3)38-34-30-26-22-18-14-10-4/h43-45H,7-42H2,1-6H3,(H,51,52). The Kier molecular flexibility index (Phi) is 39.7. The lowest BCUT2D eigenvalue weighted by atomic mass is 9.94. The quantitative estimate of drug-likeness (QED) is 0.0364. The number of hydrogen-bond acceptors (Lipinski definition) is 8. The molecule has 9 nitrogen and oxygen atoms in total. The van der Waals surface area contributed by atoms with Crippen LogP contribution >= 0.6 is 7.82 Å². The van der Waals surface area contributed by atoms with E-state index >= 15 is 0 Å². The Hall–Kier alpha value is -0.990. The summed E-state index contributed by atoms with van der Waals surface area (Å²) in [7, 11) is -0.725. The SMILES string of the molecule is CCCCCCCCCC(CCCCCCCCC)C(=O)OCC(COP(=O)(O)OCCN(C)C)OC(=O)C(CCCCCCCCC)CCCCCCCCC. The molecule has 0 heterocycles. The molecule has 0 aliphatic rings. The Balaban J connectivity index is 5.72. The van der Waals surface area contributed by atoms with Gasteiger partial charge in [-0.15, -0.1) is 0 Å². The van der Waals surface area contributed by atoms with Crippen LogP contribution in [0.25, 0.3) is 0 Å². The van der Waals surface area contributed by atoms with E-state index in [4.69, 9.17) is 18.5 Å². The molecule has 10 heteroatoms. The Labute approximate surface area is 352 Å². The molecule has 0 aliphatic heterocycles. The van der Waals surface area contributed by atoms with Crippen LogP contribution in [0.15, 0.2) is 0 Å². The summed E-state index contributed by atoms with van der Waals surface area (Å²) in [5, 5.41) is 0. The van der Waals surface area contributed by atoms with Gasteiger partial charge in [-0.3, -0.25) is 18.6 Å². The number of esters is 2. The first kappa shape index (κ1) is 56.0. The van der Waals surface area contributed by atoms with Crippen LogP contribution < -0.4 is 0 Å². The van der Waals surface area contributed by atoms with Gasteiger partial charge in [-0.25, -0.2) is 4.57 Å². The molecule has 1 N–H and O–H groups in total. The normalized spacial score (nSPS) is 13.4. The van der Waals surface area contributed by atoms with Crippen molar-refractivity contribution in [3.05, 3.63) is 0 Å². The van der Waals surface area contributed by atoms with Crippen LogP contribution in [0.1, 0.15) is 233 Å². The molecule has 0 aliphatic carbocycles. The molecular formula is C47H94NO8P. The van der Waals surface area contributed by atoms with Crippen molar-refractivity contribution in [2.75, 3.05) is 40.5 Å². The van der Waals surface area contributed by atoms with Gasteiger partial charge in [0, 0.05) is 6.54 Å². The van der Waals surface area contributed by atoms with Gasteiger partial charge in [0.15, 0.2) is 6.10 Å². The van der Waals surface area contributed by atoms with Crippen LogP contribution in [0.5, 0.6) is 0 Å². The number of likely N-dealkylation sites (N-methyl/N-ethyl adjacent to an activating group) is 1. The van der Waals surface area contributed by atoms with E-state index in [1.807, 2.05) is 19.0 Å². The summed E-state index contributed by atoms with van der Waals surface area (Å²) in [4.78, 5) is 39.8. The summed E-state index contributed by atoms with van der Waals surface area (Å²) < 4.78 is 35.3.